The summed E-state index contributed by atoms with van der Waals surface area (Å²) in [5.74, 6) is 7.08. The van der Waals surface area contributed by atoms with Gasteiger partial charge >= 0.3 is 0 Å². The molecule has 0 radical (unpaired) electrons. The molecule has 0 amide bonds. The molecule has 2 heterocycles. The Labute approximate surface area is 106 Å². The Balaban J connectivity index is 2.32. The molecule has 1 atom stereocenters. The first-order valence-corrected chi connectivity index (χ1v) is 6.02. The molecule has 6 heteroatoms. The summed E-state index contributed by atoms with van der Waals surface area (Å²) < 4.78 is 2.06. The van der Waals surface area contributed by atoms with Crippen molar-refractivity contribution in [1.82, 2.24) is 24.9 Å². The molecule has 0 aliphatic heterocycles. The molecule has 0 saturated carbocycles. The maximum absolute atomic E-state index is 5.62. The van der Waals surface area contributed by atoms with Crippen LogP contribution in [-0.2, 0) is 6.54 Å². The van der Waals surface area contributed by atoms with Crippen LogP contribution >= 0.6 is 0 Å². The van der Waals surface area contributed by atoms with Gasteiger partial charge < -0.3 is 4.57 Å². The molecule has 0 spiro atoms. The summed E-state index contributed by atoms with van der Waals surface area (Å²) in [6.07, 6.45) is 8.30. The number of nitrogens with two attached hydrogens (primary N) is 1. The van der Waals surface area contributed by atoms with E-state index in [1.807, 2.05) is 13.1 Å². The summed E-state index contributed by atoms with van der Waals surface area (Å²) in [6, 6.07) is -0.285. The molecule has 2 aromatic heterocycles. The standard InChI is InChI=1S/C12H18N6/c1-3-5-18-6-4-14-12(18)10(17-13)11-15-7-9(2)8-16-11/h4,6-8,10,17H,3,5,13H2,1-2H3. The number of hydrazine groups is 1. The predicted molar refractivity (Wildman–Crippen MR) is 68.5 cm³/mol. The van der Waals surface area contributed by atoms with Crippen molar-refractivity contribution in [3.63, 3.8) is 0 Å². The molecule has 1 unspecified atom stereocenters. The highest BCUT2D eigenvalue weighted by atomic mass is 15.3. The zero-order chi connectivity index (χ0) is 13.0. The minimum Gasteiger partial charge on any atom is -0.333 e. The molecule has 0 bridgehead atoms. The molecule has 0 fully saturated rings. The second-order valence-electron chi connectivity index (χ2n) is 4.20. The van der Waals surface area contributed by atoms with E-state index < -0.39 is 0 Å². The first-order valence-electron chi connectivity index (χ1n) is 6.02. The van der Waals surface area contributed by atoms with Crippen LogP contribution in [0.2, 0.25) is 0 Å². The van der Waals surface area contributed by atoms with Gasteiger partial charge in [0.1, 0.15) is 11.9 Å². The molecule has 6 nitrogen and oxygen atoms in total. The largest absolute Gasteiger partial charge is 0.333 e. The summed E-state index contributed by atoms with van der Waals surface area (Å²) >= 11 is 0. The molecule has 2 aromatic rings. The van der Waals surface area contributed by atoms with Crippen LogP contribution < -0.4 is 11.3 Å². The first-order chi connectivity index (χ1) is 8.76. The fraction of sp³-hybridized carbons (Fsp3) is 0.417. The van der Waals surface area contributed by atoms with Gasteiger partial charge in [0.25, 0.3) is 0 Å². The quantitative estimate of drug-likeness (QED) is 0.606. The Morgan fingerprint density at radius 2 is 2.06 bits per heavy atom. The van der Waals surface area contributed by atoms with Crippen molar-refractivity contribution in [3.05, 3.63) is 42.0 Å². The second-order valence-corrected chi connectivity index (χ2v) is 4.20. The maximum atomic E-state index is 5.62. The van der Waals surface area contributed by atoms with Gasteiger partial charge in [0.05, 0.1) is 0 Å². The van der Waals surface area contributed by atoms with E-state index in [0.717, 1.165) is 24.4 Å². The molecule has 0 aliphatic carbocycles. The fourth-order valence-corrected chi connectivity index (χ4v) is 1.83. The molecule has 3 N–H and O–H groups in total. The Bertz CT molecular complexity index is 490. The van der Waals surface area contributed by atoms with E-state index in [1.165, 1.54) is 0 Å². The third-order valence-corrected chi connectivity index (χ3v) is 2.70. The van der Waals surface area contributed by atoms with Gasteiger partial charge in [-0.25, -0.2) is 20.4 Å². The Morgan fingerprint density at radius 3 is 2.67 bits per heavy atom. The van der Waals surface area contributed by atoms with Crippen LogP contribution in [0.4, 0.5) is 0 Å². The van der Waals surface area contributed by atoms with Crippen LogP contribution in [0.1, 0.15) is 36.6 Å². The number of imidazole rings is 1. The van der Waals surface area contributed by atoms with E-state index in [-0.39, 0.29) is 6.04 Å². The van der Waals surface area contributed by atoms with Crippen molar-refractivity contribution in [1.29, 1.82) is 0 Å². The van der Waals surface area contributed by atoms with Gasteiger partial charge in [-0.1, -0.05) is 6.92 Å². The molecule has 96 valence electrons. The smallest absolute Gasteiger partial charge is 0.154 e. The molecule has 18 heavy (non-hydrogen) atoms. The number of aryl methyl sites for hydroxylation is 2. The summed E-state index contributed by atoms with van der Waals surface area (Å²) in [6.45, 7) is 4.98. The molecular weight excluding hydrogens is 228 g/mol. The van der Waals surface area contributed by atoms with E-state index in [9.17, 15) is 0 Å². The van der Waals surface area contributed by atoms with Crippen LogP contribution in [0.5, 0.6) is 0 Å². The van der Waals surface area contributed by atoms with Crippen molar-refractivity contribution in [2.75, 3.05) is 0 Å². The predicted octanol–water partition coefficient (Wildman–Crippen LogP) is 0.944. The number of rotatable bonds is 5. The summed E-state index contributed by atoms with van der Waals surface area (Å²) in [7, 11) is 0. The fourth-order valence-electron chi connectivity index (χ4n) is 1.83. The van der Waals surface area contributed by atoms with E-state index in [0.29, 0.717) is 5.82 Å². The van der Waals surface area contributed by atoms with E-state index in [4.69, 9.17) is 5.84 Å². The summed E-state index contributed by atoms with van der Waals surface area (Å²) in [5.41, 5.74) is 3.75. The Kier molecular flexibility index (Phi) is 4.01. The maximum Gasteiger partial charge on any atom is 0.154 e. The molecule has 0 aromatic carbocycles. The van der Waals surface area contributed by atoms with Crippen LogP contribution in [-0.4, -0.2) is 19.5 Å². The third kappa shape index (κ3) is 2.55. The third-order valence-electron chi connectivity index (χ3n) is 2.70. The van der Waals surface area contributed by atoms with E-state index in [1.54, 1.807) is 18.6 Å². The van der Waals surface area contributed by atoms with Crippen molar-refractivity contribution in [2.24, 2.45) is 5.84 Å². The Morgan fingerprint density at radius 1 is 1.33 bits per heavy atom. The minimum atomic E-state index is -0.285. The van der Waals surface area contributed by atoms with Gasteiger partial charge in [-0.2, -0.15) is 0 Å². The van der Waals surface area contributed by atoms with E-state index >= 15 is 0 Å². The van der Waals surface area contributed by atoms with Gasteiger partial charge in [0.15, 0.2) is 5.82 Å². The van der Waals surface area contributed by atoms with Crippen LogP contribution in [0.15, 0.2) is 24.8 Å². The lowest BCUT2D eigenvalue weighted by molar-refractivity contribution is 0.525. The van der Waals surface area contributed by atoms with Crippen LogP contribution in [0.25, 0.3) is 0 Å². The average molecular weight is 246 g/mol. The number of hydrogen-bond acceptors (Lipinski definition) is 5. The Hall–Kier alpha value is -1.79. The highest BCUT2D eigenvalue weighted by Gasteiger charge is 2.20. The molecule has 0 saturated heterocycles. The highest BCUT2D eigenvalue weighted by molar-refractivity contribution is 5.13. The second kappa shape index (κ2) is 5.70. The minimum absolute atomic E-state index is 0.285. The van der Waals surface area contributed by atoms with Crippen molar-refractivity contribution >= 4 is 0 Å². The number of nitrogens with zero attached hydrogens (tertiary/aromatic N) is 4. The van der Waals surface area contributed by atoms with Gasteiger partial charge in [-0.05, 0) is 18.9 Å². The van der Waals surface area contributed by atoms with Gasteiger partial charge in [0, 0.05) is 31.3 Å². The number of hydrogen-bond donors (Lipinski definition) is 2. The average Bonchev–Trinajstić information content (AvgIpc) is 2.82. The SMILES string of the molecule is CCCn1ccnc1C(NN)c1ncc(C)cn1. The van der Waals surface area contributed by atoms with Crippen molar-refractivity contribution in [2.45, 2.75) is 32.9 Å². The van der Waals surface area contributed by atoms with Gasteiger partial charge in [-0.15, -0.1) is 0 Å². The zero-order valence-electron chi connectivity index (χ0n) is 10.7. The number of aromatic nitrogens is 4. The van der Waals surface area contributed by atoms with Crippen molar-refractivity contribution < 1.29 is 0 Å². The molecule has 2 rings (SSSR count). The van der Waals surface area contributed by atoms with Crippen LogP contribution in [0.3, 0.4) is 0 Å². The van der Waals surface area contributed by atoms with E-state index in [2.05, 4.69) is 31.9 Å². The zero-order valence-corrected chi connectivity index (χ0v) is 10.7. The lowest BCUT2D eigenvalue weighted by atomic mass is 10.2. The summed E-state index contributed by atoms with van der Waals surface area (Å²) in [5, 5.41) is 0. The monoisotopic (exact) mass is 246 g/mol. The first kappa shape index (κ1) is 12.7. The number of nitrogens with one attached hydrogen (secondary N) is 1. The molecule has 0 aliphatic rings. The lowest BCUT2D eigenvalue weighted by Gasteiger charge is -2.15. The van der Waals surface area contributed by atoms with Crippen LogP contribution in [0, 0.1) is 6.92 Å². The normalized spacial score (nSPS) is 12.6. The van der Waals surface area contributed by atoms with Gasteiger partial charge in [0.2, 0.25) is 0 Å². The topological polar surface area (TPSA) is 81.7 Å². The summed E-state index contributed by atoms with van der Waals surface area (Å²) in [4.78, 5) is 12.9. The van der Waals surface area contributed by atoms with Crippen molar-refractivity contribution in [3.8, 4) is 0 Å². The molecular formula is C12H18N6. The van der Waals surface area contributed by atoms with Gasteiger partial charge in [-0.3, -0.25) is 5.84 Å². The highest BCUT2D eigenvalue weighted by Crippen LogP contribution is 2.16. The lowest BCUT2D eigenvalue weighted by Crippen LogP contribution is -2.32.